The van der Waals surface area contributed by atoms with Crippen molar-refractivity contribution in [2.45, 2.75) is 18.9 Å². The van der Waals surface area contributed by atoms with E-state index in [4.69, 9.17) is 10.8 Å². The van der Waals surface area contributed by atoms with Crippen LogP contribution >= 0.6 is 0 Å². The number of rotatable bonds is 5. The molecule has 0 unspecified atom stereocenters. The quantitative estimate of drug-likeness (QED) is 0.775. The predicted octanol–water partition coefficient (Wildman–Crippen LogP) is 0.932. The molecule has 5 heteroatoms. The molecule has 5 nitrogen and oxygen atoms in total. The third-order valence-electron chi connectivity index (χ3n) is 3.32. The number of benzene rings is 1. The molecule has 1 amide bonds. The first-order valence-corrected chi connectivity index (χ1v) is 6.53. The Morgan fingerprint density at radius 3 is 2.63 bits per heavy atom. The maximum Gasteiger partial charge on any atom is 0.256 e. The van der Waals surface area contributed by atoms with Gasteiger partial charge < -0.3 is 20.6 Å². The number of anilines is 2. The third kappa shape index (κ3) is 2.98. The van der Waals surface area contributed by atoms with Gasteiger partial charge in [-0.15, -0.1) is 0 Å². The van der Waals surface area contributed by atoms with Gasteiger partial charge in [-0.25, -0.2) is 0 Å². The molecule has 0 radical (unpaired) electrons. The lowest BCUT2D eigenvalue weighted by atomic mass is 10.1. The second kappa shape index (κ2) is 5.48. The van der Waals surface area contributed by atoms with E-state index in [-0.39, 0.29) is 18.6 Å². The molecule has 1 aliphatic carbocycles. The van der Waals surface area contributed by atoms with E-state index in [2.05, 4.69) is 0 Å². The molecule has 0 bridgehead atoms. The summed E-state index contributed by atoms with van der Waals surface area (Å²) >= 11 is 0. The average Bonchev–Trinajstić information content (AvgIpc) is 3.19. The molecular formula is C14H21N3O2. The summed E-state index contributed by atoms with van der Waals surface area (Å²) in [5.74, 6) is -0.0486. The molecule has 0 aromatic heterocycles. The smallest absolute Gasteiger partial charge is 0.256 e. The van der Waals surface area contributed by atoms with E-state index >= 15 is 0 Å². The van der Waals surface area contributed by atoms with Crippen molar-refractivity contribution in [3.05, 3.63) is 23.8 Å². The highest BCUT2D eigenvalue weighted by molar-refractivity contribution is 6.01. The van der Waals surface area contributed by atoms with Gasteiger partial charge in [0.1, 0.15) is 0 Å². The van der Waals surface area contributed by atoms with Crippen molar-refractivity contribution in [3.63, 3.8) is 0 Å². The van der Waals surface area contributed by atoms with Crippen molar-refractivity contribution in [2.75, 3.05) is 37.9 Å². The van der Waals surface area contributed by atoms with E-state index in [1.807, 2.05) is 25.1 Å². The summed E-state index contributed by atoms with van der Waals surface area (Å²) in [6, 6.07) is 5.63. The van der Waals surface area contributed by atoms with Gasteiger partial charge in [0.05, 0.1) is 12.2 Å². The first-order chi connectivity index (χ1) is 9.04. The standard InChI is InChI=1S/C14H21N3O2/c1-16(2)13-6-3-10(15)9-12(13)14(19)17(7-8-18)11-4-5-11/h3,6,9,11,18H,4-5,7-8,15H2,1-2H3. The molecule has 0 saturated heterocycles. The Morgan fingerprint density at radius 1 is 1.42 bits per heavy atom. The molecule has 1 aliphatic rings. The van der Waals surface area contributed by atoms with E-state index in [0.717, 1.165) is 18.5 Å². The molecule has 2 rings (SSSR count). The van der Waals surface area contributed by atoms with E-state index in [1.165, 1.54) is 0 Å². The zero-order valence-electron chi connectivity index (χ0n) is 11.5. The fraction of sp³-hybridized carbons (Fsp3) is 0.500. The number of hydrogen-bond acceptors (Lipinski definition) is 4. The molecule has 0 aliphatic heterocycles. The fourth-order valence-corrected chi connectivity index (χ4v) is 2.21. The summed E-state index contributed by atoms with van der Waals surface area (Å²) < 4.78 is 0. The molecule has 1 aromatic rings. The fourth-order valence-electron chi connectivity index (χ4n) is 2.21. The molecular weight excluding hydrogens is 242 g/mol. The van der Waals surface area contributed by atoms with E-state index < -0.39 is 0 Å². The highest BCUT2D eigenvalue weighted by Crippen LogP contribution is 2.30. The number of amides is 1. The zero-order chi connectivity index (χ0) is 14.0. The van der Waals surface area contributed by atoms with Crippen LogP contribution in [0, 0.1) is 0 Å². The van der Waals surface area contributed by atoms with Crippen molar-refractivity contribution in [1.82, 2.24) is 4.90 Å². The minimum atomic E-state index is -0.0486. The molecule has 0 heterocycles. The zero-order valence-corrected chi connectivity index (χ0v) is 11.5. The van der Waals surface area contributed by atoms with Crippen LogP contribution in [-0.4, -0.2) is 49.2 Å². The summed E-state index contributed by atoms with van der Waals surface area (Å²) in [5, 5.41) is 9.11. The lowest BCUT2D eigenvalue weighted by Gasteiger charge is -2.25. The highest BCUT2D eigenvalue weighted by atomic mass is 16.3. The SMILES string of the molecule is CN(C)c1ccc(N)cc1C(=O)N(CCO)C1CC1. The van der Waals surface area contributed by atoms with E-state index in [9.17, 15) is 4.79 Å². The average molecular weight is 263 g/mol. The van der Waals surface area contributed by atoms with Crippen LogP contribution in [0.1, 0.15) is 23.2 Å². The molecule has 3 N–H and O–H groups in total. The summed E-state index contributed by atoms with van der Waals surface area (Å²) in [6.45, 7) is 0.368. The van der Waals surface area contributed by atoms with Crippen LogP contribution in [0.5, 0.6) is 0 Å². The Morgan fingerprint density at radius 2 is 2.11 bits per heavy atom. The molecule has 1 saturated carbocycles. The Kier molecular flexibility index (Phi) is 3.95. The van der Waals surface area contributed by atoms with Crippen molar-refractivity contribution >= 4 is 17.3 Å². The predicted molar refractivity (Wildman–Crippen MR) is 76.3 cm³/mol. The van der Waals surface area contributed by atoms with E-state index in [0.29, 0.717) is 17.8 Å². The van der Waals surface area contributed by atoms with Crippen LogP contribution in [0.2, 0.25) is 0 Å². The second-order valence-electron chi connectivity index (χ2n) is 5.12. The number of carbonyl (C=O) groups is 1. The Labute approximate surface area is 113 Å². The minimum absolute atomic E-state index is 0.0121. The van der Waals surface area contributed by atoms with Crippen LogP contribution in [-0.2, 0) is 0 Å². The van der Waals surface area contributed by atoms with Gasteiger partial charge in [0.25, 0.3) is 5.91 Å². The first-order valence-electron chi connectivity index (χ1n) is 6.53. The third-order valence-corrected chi connectivity index (χ3v) is 3.32. The van der Waals surface area contributed by atoms with Crippen LogP contribution in [0.25, 0.3) is 0 Å². The van der Waals surface area contributed by atoms with Crippen molar-refractivity contribution < 1.29 is 9.90 Å². The number of carbonyl (C=O) groups excluding carboxylic acids is 1. The van der Waals surface area contributed by atoms with Gasteiger partial charge in [0.15, 0.2) is 0 Å². The Bertz CT molecular complexity index is 470. The monoisotopic (exact) mass is 263 g/mol. The van der Waals surface area contributed by atoms with Crippen molar-refractivity contribution in [3.8, 4) is 0 Å². The first kappa shape index (κ1) is 13.7. The summed E-state index contributed by atoms with van der Waals surface area (Å²) in [6.07, 6.45) is 2.04. The van der Waals surface area contributed by atoms with Crippen molar-refractivity contribution in [2.24, 2.45) is 0 Å². The van der Waals surface area contributed by atoms with Gasteiger partial charge in [0.2, 0.25) is 0 Å². The summed E-state index contributed by atoms with van der Waals surface area (Å²) in [7, 11) is 3.80. The maximum absolute atomic E-state index is 12.6. The van der Waals surface area contributed by atoms with Gasteiger partial charge in [-0.3, -0.25) is 4.79 Å². The van der Waals surface area contributed by atoms with Crippen molar-refractivity contribution in [1.29, 1.82) is 0 Å². The number of nitrogen functional groups attached to an aromatic ring is 1. The van der Waals surface area contributed by atoms with Gasteiger partial charge >= 0.3 is 0 Å². The van der Waals surface area contributed by atoms with Gasteiger partial charge in [-0.1, -0.05) is 0 Å². The number of aliphatic hydroxyl groups is 1. The lowest BCUT2D eigenvalue weighted by Crippen LogP contribution is -2.36. The highest BCUT2D eigenvalue weighted by Gasteiger charge is 2.33. The largest absolute Gasteiger partial charge is 0.399 e. The summed E-state index contributed by atoms with van der Waals surface area (Å²) in [5.41, 5.74) is 7.82. The molecule has 1 fully saturated rings. The maximum atomic E-state index is 12.6. The minimum Gasteiger partial charge on any atom is -0.399 e. The molecule has 1 aromatic carbocycles. The van der Waals surface area contributed by atoms with Gasteiger partial charge in [-0.05, 0) is 31.0 Å². The molecule has 0 atom stereocenters. The summed E-state index contributed by atoms with van der Waals surface area (Å²) in [4.78, 5) is 16.3. The Balaban J connectivity index is 2.33. The molecule has 104 valence electrons. The molecule has 19 heavy (non-hydrogen) atoms. The van der Waals surface area contributed by atoms with Gasteiger partial charge in [0, 0.05) is 38.1 Å². The number of hydrogen-bond donors (Lipinski definition) is 2. The topological polar surface area (TPSA) is 69.8 Å². The number of nitrogens with zero attached hydrogens (tertiary/aromatic N) is 2. The van der Waals surface area contributed by atoms with Crippen LogP contribution < -0.4 is 10.6 Å². The van der Waals surface area contributed by atoms with E-state index in [1.54, 1.807) is 17.0 Å². The number of aliphatic hydroxyl groups excluding tert-OH is 1. The van der Waals surface area contributed by atoms with Crippen LogP contribution in [0.4, 0.5) is 11.4 Å². The number of nitrogens with two attached hydrogens (primary N) is 1. The molecule has 0 spiro atoms. The van der Waals surface area contributed by atoms with Crippen LogP contribution in [0.15, 0.2) is 18.2 Å². The Hall–Kier alpha value is -1.75. The normalized spacial score (nSPS) is 14.3. The van der Waals surface area contributed by atoms with Crippen LogP contribution in [0.3, 0.4) is 0 Å². The lowest BCUT2D eigenvalue weighted by molar-refractivity contribution is 0.0708. The second-order valence-corrected chi connectivity index (χ2v) is 5.12. The van der Waals surface area contributed by atoms with Gasteiger partial charge in [-0.2, -0.15) is 0 Å².